The van der Waals surface area contributed by atoms with Crippen molar-refractivity contribution in [3.05, 3.63) is 18.0 Å². The Balaban J connectivity index is 0.00000338. The lowest BCUT2D eigenvalue weighted by atomic mass is 10.0. The van der Waals surface area contributed by atoms with E-state index < -0.39 is 15.4 Å². The van der Waals surface area contributed by atoms with Gasteiger partial charge in [0, 0.05) is 43.6 Å². The van der Waals surface area contributed by atoms with Gasteiger partial charge in [0.25, 0.3) is 0 Å². The summed E-state index contributed by atoms with van der Waals surface area (Å²) in [5, 5.41) is 21.0. The zero-order valence-electron chi connectivity index (χ0n) is 15.8. The Kier molecular flexibility index (Phi) is 7.90. The van der Waals surface area contributed by atoms with Crippen molar-refractivity contribution in [2.75, 3.05) is 31.6 Å². The maximum Gasteiger partial charge on any atom is 0.191 e. The van der Waals surface area contributed by atoms with Gasteiger partial charge in [-0.05, 0) is 26.7 Å². The largest absolute Gasteiger partial charge is 0.383 e. The van der Waals surface area contributed by atoms with Crippen molar-refractivity contribution in [3.8, 4) is 0 Å². The summed E-state index contributed by atoms with van der Waals surface area (Å²) in [6.07, 6.45) is 6.47. The molecule has 8 nitrogen and oxygen atoms in total. The summed E-state index contributed by atoms with van der Waals surface area (Å²) in [6, 6.07) is 0. The number of nitrogens with zero attached hydrogens (tertiary/aromatic N) is 3. The number of aliphatic imine (C=N–C) groups is 1. The van der Waals surface area contributed by atoms with Crippen LogP contribution in [0.25, 0.3) is 0 Å². The number of aliphatic hydroxyl groups is 1. The lowest BCUT2D eigenvalue weighted by molar-refractivity contribution is 0.0671. The minimum absolute atomic E-state index is 0. The number of aromatic nitrogens is 2. The van der Waals surface area contributed by atoms with Gasteiger partial charge in [0.2, 0.25) is 0 Å². The zero-order valence-corrected chi connectivity index (χ0v) is 19.0. The second kappa shape index (κ2) is 8.87. The quantitative estimate of drug-likeness (QED) is 0.275. The van der Waals surface area contributed by atoms with Crippen LogP contribution in [0.2, 0.25) is 0 Å². The van der Waals surface area contributed by atoms with E-state index in [-0.39, 0.29) is 41.7 Å². The van der Waals surface area contributed by atoms with Crippen molar-refractivity contribution in [1.29, 1.82) is 0 Å². The average Bonchev–Trinajstić information content (AvgIpc) is 3.08. The van der Waals surface area contributed by atoms with Gasteiger partial charge in [0.05, 0.1) is 18.5 Å². The average molecular weight is 499 g/mol. The van der Waals surface area contributed by atoms with E-state index in [1.165, 1.54) is 6.26 Å². The van der Waals surface area contributed by atoms with Crippen LogP contribution in [0.1, 0.15) is 32.3 Å². The molecule has 3 N–H and O–H groups in total. The Hall–Kier alpha value is -0.880. The van der Waals surface area contributed by atoms with Crippen LogP contribution < -0.4 is 10.6 Å². The van der Waals surface area contributed by atoms with Crippen molar-refractivity contribution in [3.63, 3.8) is 0 Å². The Morgan fingerprint density at radius 2 is 2.12 bits per heavy atom. The summed E-state index contributed by atoms with van der Waals surface area (Å²) in [4.78, 5) is 4.46. The Bertz CT molecular complexity index is 726. The summed E-state index contributed by atoms with van der Waals surface area (Å²) < 4.78 is 24.8. The molecule has 26 heavy (non-hydrogen) atoms. The predicted molar refractivity (Wildman–Crippen MR) is 114 cm³/mol. The van der Waals surface area contributed by atoms with Crippen LogP contribution in [-0.2, 0) is 22.5 Å². The molecule has 0 amide bonds. The number of guanidine groups is 1. The van der Waals surface area contributed by atoms with Gasteiger partial charge in [-0.2, -0.15) is 5.10 Å². The van der Waals surface area contributed by atoms with Gasteiger partial charge < -0.3 is 15.7 Å². The van der Waals surface area contributed by atoms with Crippen LogP contribution in [0.4, 0.5) is 0 Å². The van der Waals surface area contributed by atoms with Gasteiger partial charge in [0.1, 0.15) is 15.4 Å². The molecule has 1 aliphatic rings. The smallest absolute Gasteiger partial charge is 0.191 e. The maximum absolute atomic E-state index is 11.6. The number of rotatable bonds is 8. The topological polar surface area (TPSA) is 109 Å². The Labute approximate surface area is 172 Å². The van der Waals surface area contributed by atoms with E-state index in [1.807, 2.05) is 6.92 Å². The molecule has 1 aromatic heterocycles. The molecule has 1 atom stereocenters. The number of hydrogen-bond acceptors (Lipinski definition) is 5. The molecule has 2 rings (SSSR count). The molecule has 1 heterocycles. The third-order valence-corrected chi connectivity index (χ3v) is 5.51. The molecule has 1 fully saturated rings. The van der Waals surface area contributed by atoms with Gasteiger partial charge in [-0.1, -0.05) is 0 Å². The molecule has 0 radical (unpaired) electrons. The number of halogens is 1. The summed E-state index contributed by atoms with van der Waals surface area (Å²) >= 11 is 0. The number of sulfone groups is 1. The predicted octanol–water partition coefficient (Wildman–Crippen LogP) is 0.625. The second-order valence-corrected chi connectivity index (χ2v) is 9.44. The molecular formula is C16H30IN5O3S. The van der Waals surface area contributed by atoms with E-state index >= 15 is 0 Å². The standard InChI is InChI=1S/C16H29N5O3S.HI/c1-5-17-14(19-11-16(6-7-16)12-25(4,23)24)18-10-15(2,22)13-8-20-21(3)9-13;/h8-9,22H,5-7,10-12H2,1-4H3,(H2,17,18,19);1H. The molecule has 0 spiro atoms. The molecule has 0 aliphatic heterocycles. The van der Waals surface area contributed by atoms with Gasteiger partial charge >= 0.3 is 0 Å². The van der Waals surface area contributed by atoms with Gasteiger partial charge in [-0.25, -0.2) is 13.4 Å². The van der Waals surface area contributed by atoms with Crippen molar-refractivity contribution < 1.29 is 13.5 Å². The maximum atomic E-state index is 11.6. The highest BCUT2D eigenvalue weighted by atomic mass is 127. The molecule has 0 saturated heterocycles. The van der Waals surface area contributed by atoms with Crippen LogP contribution in [0.5, 0.6) is 0 Å². The lowest BCUT2D eigenvalue weighted by Gasteiger charge is -2.21. The fourth-order valence-electron chi connectivity index (χ4n) is 2.74. The van der Waals surface area contributed by atoms with E-state index in [9.17, 15) is 13.5 Å². The van der Waals surface area contributed by atoms with Gasteiger partial charge in [0.15, 0.2) is 5.96 Å². The van der Waals surface area contributed by atoms with Crippen molar-refractivity contribution in [2.45, 2.75) is 32.3 Å². The van der Waals surface area contributed by atoms with Crippen LogP contribution in [-0.4, -0.2) is 60.9 Å². The van der Waals surface area contributed by atoms with E-state index in [0.29, 0.717) is 24.6 Å². The van der Waals surface area contributed by atoms with Crippen molar-refractivity contribution in [1.82, 2.24) is 20.4 Å². The van der Waals surface area contributed by atoms with E-state index in [0.717, 1.165) is 12.8 Å². The number of nitrogens with one attached hydrogen (secondary N) is 2. The van der Waals surface area contributed by atoms with E-state index in [4.69, 9.17) is 0 Å². The number of aryl methyl sites for hydroxylation is 1. The minimum atomic E-state index is -3.00. The first-order valence-corrected chi connectivity index (χ1v) is 10.5. The molecule has 1 saturated carbocycles. The van der Waals surface area contributed by atoms with Crippen LogP contribution in [0.15, 0.2) is 17.4 Å². The van der Waals surface area contributed by atoms with Gasteiger partial charge in [-0.3, -0.25) is 4.68 Å². The first-order valence-electron chi connectivity index (χ1n) is 8.47. The highest BCUT2D eigenvalue weighted by Crippen LogP contribution is 2.45. The third kappa shape index (κ3) is 7.03. The second-order valence-electron chi connectivity index (χ2n) is 7.30. The number of hydrogen-bond donors (Lipinski definition) is 3. The summed E-state index contributed by atoms with van der Waals surface area (Å²) in [6.45, 7) is 5.07. The summed E-state index contributed by atoms with van der Waals surface area (Å²) in [5.74, 6) is 0.770. The molecule has 1 aliphatic carbocycles. The van der Waals surface area contributed by atoms with Gasteiger partial charge in [-0.15, -0.1) is 24.0 Å². The molecule has 150 valence electrons. The zero-order chi connectivity index (χ0) is 18.7. The minimum Gasteiger partial charge on any atom is -0.383 e. The fraction of sp³-hybridized carbons (Fsp3) is 0.750. The Morgan fingerprint density at radius 3 is 2.58 bits per heavy atom. The SMILES string of the molecule is CCNC(=NCC(C)(O)c1cnn(C)c1)NCC1(CS(C)(=O)=O)CC1.I. The highest BCUT2D eigenvalue weighted by Gasteiger charge is 2.45. The molecule has 10 heteroatoms. The van der Waals surface area contributed by atoms with E-state index in [2.05, 4.69) is 20.7 Å². The first-order chi connectivity index (χ1) is 11.6. The van der Waals surface area contributed by atoms with Crippen molar-refractivity contribution >= 4 is 39.8 Å². The van der Waals surface area contributed by atoms with Crippen LogP contribution in [0.3, 0.4) is 0 Å². The summed E-state index contributed by atoms with van der Waals surface area (Å²) in [7, 11) is -1.20. The summed E-state index contributed by atoms with van der Waals surface area (Å²) in [5.41, 5.74) is -0.610. The highest BCUT2D eigenvalue weighted by molar-refractivity contribution is 14.0. The Morgan fingerprint density at radius 1 is 1.46 bits per heavy atom. The monoisotopic (exact) mass is 499 g/mol. The first kappa shape index (κ1) is 23.2. The van der Waals surface area contributed by atoms with Crippen LogP contribution in [0, 0.1) is 5.41 Å². The van der Waals surface area contributed by atoms with E-state index in [1.54, 1.807) is 31.0 Å². The van der Waals surface area contributed by atoms with Crippen molar-refractivity contribution in [2.24, 2.45) is 17.5 Å². The molecular weight excluding hydrogens is 469 g/mol. The van der Waals surface area contributed by atoms with Crippen LogP contribution >= 0.6 is 24.0 Å². The molecule has 0 aromatic carbocycles. The molecule has 1 unspecified atom stereocenters. The molecule has 1 aromatic rings. The molecule has 0 bridgehead atoms. The fourth-order valence-corrected chi connectivity index (χ4v) is 4.24. The third-order valence-electron chi connectivity index (χ3n) is 4.37. The normalized spacial score (nSPS) is 18.6. The lowest BCUT2D eigenvalue weighted by Crippen LogP contribution is -2.42.